The molecule has 0 spiro atoms. The van der Waals surface area contributed by atoms with Gasteiger partial charge in [0.15, 0.2) is 0 Å². The first kappa shape index (κ1) is 13.5. The molecule has 0 saturated carbocycles. The molecule has 0 bridgehead atoms. The molecular formula is C13H9N3O4. The average Bonchev–Trinajstić information content (AvgIpc) is 2.47. The fourth-order valence-electron chi connectivity index (χ4n) is 1.57. The summed E-state index contributed by atoms with van der Waals surface area (Å²) < 4.78 is 5.43. The number of hydrogen-bond acceptors (Lipinski definition) is 6. The predicted molar refractivity (Wildman–Crippen MR) is 68.0 cm³/mol. The predicted octanol–water partition coefficient (Wildman–Crippen LogP) is 2.15. The Morgan fingerprint density at radius 3 is 2.75 bits per heavy atom. The topological polar surface area (TPSA) is 109 Å². The number of aromatic nitrogens is 1. The van der Waals surface area contributed by atoms with Crippen LogP contribution in [0.15, 0.2) is 36.4 Å². The Kier molecular flexibility index (Phi) is 3.88. The van der Waals surface area contributed by atoms with Crippen molar-refractivity contribution in [2.45, 2.75) is 6.61 Å². The van der Waals surface area contributed by atoms with Crippen molar-refractivity contribution in [1.82, 2.24) is 4.98 Å². The number of nitriles is 1. The van der Waals surface area contributed by atoms with E-state index in [-0.39, 0.29) is 23.9 Å². The van der Waals surface area contributed by atoms with E-state index in [1.165, 1.54) is 6.07 Å². The second kappa shape index (κ2) is 5.77. The lowest BCUT2D eigenvalue weighted by Gasteiger charge is -2.08. The highest BCUT2D eigenvalue weighted by atomic mass is 16.6. The highest BCUT2D eigenvalue weighted by Gasteiger charge is 2.16. The van der Waals surface area contributed by atoms with Gasteiger partial charge in [-0.05, 0) is 6.07 Å². The van der Waals surface area contributed by atoms with Crippen LogP contribution in [0.4, 0.5) is 5.69 Å². The first-order valence-electron chi connectivity index (χ1n) is 5.58. The van der Waals surface area contributed by atoms with Crippen molar-refractivity contribution in [3.63, 3.8) is 0 Å². The Hall–Kier alpha value is -2.98. The van der Waals surface area contributed by atoms with Crippen molar-refractivity contribution in [3.8, 4) is 17.7 Å². The molecule has 0 unspecified atom stereocenters. The third-order valence-corrected chi connectivity index (χ3v) is 2.51. The zero-order valence-electron chi connectivity index (χ0n) is 10.2. The molecule has 1 N–H and O–H groups in total. The number of nitro groups is 1. The normalized spacial score (nSPS) is 9.80. The van der Waals surface area contributed by atoms with Gasteiger partial charge in [-0.15, -0.1) is 0 Å². The van der Waals surface area contributed by atoms with E-state index < -0.39 is 4.92 Å². The molecule has 2 aromatic rings. The molecule has 0 saturated heterocycles. The molecule has 7 heteroatoms. The van der Waals surface area contributed by atoms with Gasteiger partial charge < -0.3 is 9.84 Å². The van der Waals surface area contributed by atoms with Crippen molar-refractivity contribution >= 4 is 5.69 Å². The van der Waals surface area contributed by atoms with Crippen LogP contribution < -0.4 is 4.74 Å². The maximum atomic E-state index is 10.7. The zero-order chi connectivity index (χ0) is 14.5. The van der Waals surface area contributed by atoms with Crippen LogP contribution in [0.25, 0.3) is 0 Å². The number of aliphatic hydroxyl groups is 1. The van der Waals surface area contributed by atoms with Crippen molar-refractivity contribution in [2.75, 3.05) is 0 Å². The minimum Gasteiger partial charge on any atom is -0.439 e. The summed E-state index contributed by atoms with van der Waals surface area (Å²) in [6.45, 7) is -0.214. The van der Waals surface area contributed by atoms with Gasteiger partial charge in [-0.25, -0.2) is 0 Å². The van der Waals surface area contributed by atoms with Gasteiger partial charge in [-0.2, -0.15) is 10.2 Å². The minimum atomic E-state index is -0.684. The van der Waals surface area contributed by atoms with Gasteiger partial charge in [0.25, 0.3) is 0 Å². The maximum Gasteiger partial charge on any atom is 0.305 e. The molecule has 1 aromatic carbocycles. The van der Waals surface area contributed by atoms with Crippen LogP contribution in [-0.4, -0.2) is 15.0 Å². The highest BCUT2D eigenvalue weighted by Crippen LogP contribution is 2.26. The SMILES string of the molecule is N#Cc1nc(Oc2ccccc2CO)ccc1[N+](=O)[O-]. The Balaban J connectivity index is 2.35. The average molecular weight is 271 g/mol. The number of pyridine rings is 1. The van der Waals surface area contributed by atoms with E-state index in [1.54, 1.807) is 30.3 Å². The molecule has 0 aliphatic heterocycles. The van der Waals surface area contributed by atoms with E-state index in [9.17, 15) is 15.2 Å². The maximum absolute atomic E-state index is 10.7. The first-order chi connectivity index (χ1) is 9.65. The summed E-state index contributed by atoms with van der Waals surface area (Å²) in [6.07, 6.45) is 0. The van der Waals surface area contributed by atoms with E-state index in [1.807, 2.05) is 0 Å². The standard InChI is InChI=1S/C13H9N3O4/c14-7-10-11(16(18)19)5-6-13(15-10)20-12-4-2-1-3-9(12)8-17/h1-6,17H,8H2. The largest absolute Gasteiger partial charge is 0.439 e. The number of benzene rings is 1. The third kappa shape index (κ3) is 2.71. The molecule has 100 valence electrons. The molecular weight excluding hydrogens is 262 g/mol. The van der Waals surface area contributed by atoms with Crippen LogP contribution in [0, 0.1) is 21.4 Å². The molecule has 0 amide bonds. The summed E-state index contributed by atoms with van der Waals surface area (Å²) >= 11 is 0. The lowest BCUT2D eigenvalue weighted by Crippen LogP contribution is -1.98. The van der Waals surface area contributed by atoms with Crippen LogP contribution in [0.1, 0.15) is 11.3 Å². The number of aliphatic hydroxyl groups excluding tert-OH is 1. The summed E-state index contributed by atoms with van der Waals surface area (Å²) in [4.78, 5) is 13.8. The summed E-state index contributed by atoms with van der Waals surface area (Å²) in [5.74, 6) is 0.424. The van der Waals surface area contributed by atoms with Gasteiger partial charge >= 0.3 is 5.69 Å². The molecule has 0 fully saturated rings. The Labute approximate surface area is 113 Å². The zero-order valence-corrected chi connectivity index (χ0v) is 10.2. The van der Waals surface area contributed by atoms with E-state index in [4.69, 9.17) is 10.00 Å². The second-order valence-corrected chi connectivity index (χ2v) is 3.75. The monoisotopic (exact) mass is 271 g/mol. The van der Waals surface area contributed by atoms with Crippen LogP contribution in [0.2, 0.25) is 0 Å². The number of rotatable bonds is 4. The molecule has 0 aliphatic carbocycles. The Bertz CT molecular complexity index is 694. The van der Waals surface area contributed by atoms with Crippen LogP contribution in [0.5, 0.6) is 11.6 Å². The summed E-state index contributed by atoms with van der Waals surface area (Å²) in [5.41, 5.74) is -0.157. The van der Waals surface area contributed by atoms with Gasteiger partial charge in [-0.1, -0.05) is 18.2 Å². The highest BCUT2D eigenvalue weighted by molar-refractivity contribution is 5.46. The Morgan fingerprint density at radius 1 is 1.35 bits per heavy atom. The van der Waals surface area contributed by atoms with Gasteiger partial charge in [0.2, 0.25) is 11.6 Å². The smallest absolute Gasteiger partial charge is 0.305 e. The number of para-hydroxylation sites is 1. The lowest BCUT2D eigenvalue weighted by atomic mass is 10.2. The number of hydrogen-bond donors (Lipinski definition) is 1. The van der Waals surface area contributed by atoms with Gasteiger partial charge in [-0.3, -0.25) is 10.1 Å². The second-order valence-electron chi connectivity index (χ2n) is 3.75. The molecule has 1 heterocycles. The lowest BCUT2D eigenvalue weighted by molar-refractivity contribution is -0.385. The molecule has 0 radical (unpaired) electrons. The minimum absolute atomic E-state index is 0.0491. The molecule has 7 nitrogen and oxygen atoms in total. The fourth-order valence-corrected chi connectivity index (χ4v) is 1.57. The summed E-state index contributed by atoms with van der Waals surface area (Å²) in [6, 6.07) is 10.9. The summed E-state index contributed by atoms with van der Waals surface area (Å²) in [5, 5.41) is 28.7. The number of nitrogens with zero attached hydrogens (tertiary/aromatic N) is 3. The van der Waals surface area contributed by atoms with E-state index >= 15 is 0 Å². The van der Waals surface area contributed by atoms with Crippen molar-refractivity contribution in [1.29, 1.82) is 5.26 Å². The van der Waals surface area contributed by atoms with E-state index in [2.05, 4.69) is 4.98 Å². The molecule has 0 atom stereocenters. The van der Waals surface area contributed by atoms with Crippen LogP contribution in [-0.2, 0) is 6.61 Å². The van der Waals surface area contributed by atoms with Gasteiger partial charge in [0, 0.05) is 17.7 Å². The van der Waals surface area contributed by atoms with Gasteiger partial charge in [0.05, 0.1) is 11.5 Å². The molecule has 20 heavy (non-hydrogen) atoms. The van der Waals surface area contributed by atoms with E-state index in [0.29, 0.717) is 11.3 Å². The first-order valence-corrected chi connectivity index (χ1v) is 5.58. The van der Waals surface area contributed by atoms with Crippen LogP contribution >= 0.6 is 0 Å². The number of ether oxygens (including phenoxy) is 1. The van der Waals surface area contributed by atoms with Crippen molar-refractivity contribution in [2.24, 2.45) is 0 Å². The summed E-state index contributed by atoms with van der Waals surface area (Å²) in [7, 11) is 0. The molecule has 2 rings (SSSR count). The molecule has 1 aromatic heterocycles. The third-order valence-electron chi connectivity index (χ3n) is 2.51. The van der Waals surface area contributed by atoms with Gasteiger partial charge in [0.1, 0.15) is 11.8 Å². The fraction of sp³-hybridized carbons (Fsp3) is 0.0769. The molecule has 0 aliphatic rings. The van der Waals surface area contributed by atoms with Crippen molar-refractivity contribution < 1.29 is 14.8 Å². The van der Waals surface area contributed by atoms with Crippen LogP contribution in [0.3, 0.4) is 0 Å². The Morgan fingerprint density at radius 2 is 2.10 bits per heavy atom. The quantitative estimate of drug-likeness (QED) is 0.673. The van der Waals surface area contributed by atoms with Crippen molar-refractivity contribution in [3.05, 3.63) is 57.8 Å². The van der Waals surface area contributed by atoms with E-state index in [0.717, 1.165) is 6.07 Å².